The molecule has 1 aliphatic rings. The number of carbonyl (C=O) groups excluding carboxylic acids is 1. The average molecular weight is 498 g/mol. The van der Waals surface area contributed by atoms with E-state index in [4.69, 9.17) is 0 Å². The van der Waals surface area contributed by atoms with Crippen molar-refractivity contribution in [2.24, 2.45) is 0 Å². The highest BCUT2D eigenvalue weighted by Gasteiger charge is 2.25. The van der Waals surface area contributed by atoms with Gasteiger partial charge < -0.3 is 0 Å². The summed E-state index contributed by atoms with van der Waals surface area (Å²) >= 11 is 4.91. The number of benzene rings is 2. The van der Waals surface area contributed by atoms with E-state index in [-0.39, 0.29) is 11.2 Å². The average Bonchev–Trinajstić information content (AvgIpc) is 3.41. The van der Waals surface area contributed by atoms with Gasteiger partial charge >= 0.3 is 0 Å². The van der Waals surface area contributed by atoms with Gasteiger partial charge in [0.2, 0.25) is 0 Å². The van der Waals surface area contributed by atoms with Crippen LogP contribution in [0.5, 0.6) is 0 Å². The fraction of sp³-hybridized carbons (Fsp3) is 0.400. The number of Topliss-reactive ketones (excluding diaryl/α,β-unsaturated/α-hetero) is 1. The van der Waals surface area contributed by atoms with Crippen LogP contribution in [0.4, 0.5) is 0 Å². The van der Waals surface area contributed by atoms with Gasteiger partial charge in [-0.1, -0.05) is 97.7 Å². The van der Waals surface area contributed by atoms with Crippen LogP contribution in [-0.4, -0.2) is 26.3 Å². The third-order valence-electron chi connectivity index (χ3n) is 5.86. The molecule has 6 heteroatoms. The number of thioether (sulfide) groups is 1. The number of hydrogen-bond donors (Lipinski definition) is 0. The van der Waals surface area contributed by atoms with Gasteiger partial charge in [0.15, 0.2) is 16.8 Å². The van der Waals surface area contributed by atoms with E-state index >= 15 is 0 Å². The third kappa shape index (κ3) is 5.12. The number of aromatic nitrogens is 3. The summed E-state index contributed by atoms with van der Waals surface area (Å²) in [5, 5.41) is 9.90. The highest BCUT2D eigenvalue weighted by Crippen LogP contribution is 2.37. The Bertz CT molecular complexity index is 1050. The van der Waals surface area contributed by atoms with Crippen LogP contribution in [0.1, 0.15) is 68.4 Å². The smallest absolute Gasteiger partial charge is 0.192 e. The summed E-state index contributed by atoms with van der Waals surface area (Å²) in [4.78, 5) is 12.7. The van der Waals surface area contributed by atoms with E-state index in [9.17, 15) is 4.79 Å². The summed E-state index contributed by atoms with van der Waals surface area (Å²) in [6.07, 6.45) is 4.74. The predicted molar refractivity (Wildman–Crippen MR) is 131 cm³/mol. The molecule has 1 aromatic heterocycles. The van der Waals surface area contributed by atoms with Gasteiger partial charge in [0.1, 0.15) is 0 Å². The van der Waals surface area contributed by atoms with Gasteiger partial charge in [0, 0.05) is 21.6 Å². The van der Waals surface area contributed by atoms with Crippen molar-refractivity contribution >= 4 is 33.5 Å². The van der Waals surface area contributed by atoms with Crippen molar-refractivity contribution in [2.45, 2.75) is 63.1 Å². The molecule has 0 N–H and O–H groups in total. The SMILES string of the molecule is CC(C)(C)c1ccc(-c2nnc(SCC(=O)c3ccc(Br)cc3)n2C2CCCC2)cc1. The molecular weight excluding hydrogens is 470 g/mol. The Morgan fingerprint density at radius 1 is 1.03 bits per heavy atom. The number of carbonyl (C=O) groups is 1. The fourth-order valence-electron chi connectivity index (χ4n) is 4.03. The van der Waals surface area contributed by atoms with Crippen LogP contribution < -0.4 is 0 Å². The Morgan fingerprint density at radius 3 is 2.29 bits per heavy atom. The van der Waals surface area contributed by atoms with Crippen molar-refractivity contribution in [3.05, 3.63) is 64.1 Å². The zero-order valence-corrected chi connectivity index (χ0v) is 20.7. The van der Waals surface area contributed by atoms with E-state index in [1.807, 2.05) is 24.3 Å². The predicted octanol–water partition coefficient (Wildman–Crippen LogP) is 7.10. The van der Waals surface area contributed by atoms with E-state index < -0.39 is 0 Å². The Kier molecular flexibility index (Phi) is 6.68. The molecule has 0 radical (unpaired) electrons. The first-order valence-electron chi connectivity index (χ1n) is 10.8. The Balaban J connectivity index is 1.59. The maximum atomic E-state index is 12.7. The van der Waals surface area contributed by atoms with E-state index in [1.54, 1.807) is 0 Å². The normalized spacial score (nSPS) is 14.8. The largest absolute Gasteiger partial charge is 0.299 e. The lowest BCUT2D eigenvalue weighted by Crippen LogP contribution is -2.11. The molecule has 162 valence electrons. The van der Waals surface area contributed by atoms with E-state index in [2.05, 4.69) is 75.7 Å². The summed E-state index contributed by atoms with van der Waals surface area (Å²) in [5.74, 6) is 1.37. The van der Waals surface area contributed by atoms with Gasteiger partial charge in [0.05, 0.1) is 5.75 Å². The van der Waals surface area contributed by atoms with Crippen LogP contribution in [0.3, 0.4) is 0 Å². The van der Waals surface area contributed by atoms with Crippen molar-refractivity contribution < 1.29 is 4.79 Å². The summed E-state index contributed by atoms with van der Waals surface area (Å²) < 4.78 is 3.25. The summed E-state index contributed by atoms with van der Waals surface area (Å²) in [5.41, 5.74) is 3.23. The summed E-state index contributed by atoms with van der Waals surface area (Å²) in [6, 6.07) is 16.6. The molecule has 4 nitrogen and oxygen atoms in total. The quantitative estimate of drug-likeness (QED) is 0.269. The van der Waals surface area contributed by atoms with Crippen LogP contribution in [0.2, 0.25) is 0 Å². The first-order chi connectivity index (χ1) is 14.8. The van der Waals surface area contributed by atoms with Crippen molar-refractivity contribution in [1.82, 2.24) is 14.8 Å². The third-order valence-corrected chi connectivity index (χ3v) is 7.33. The Hall–Kier alpha value is -1.92. The standard InChI is InChI=1S/C25H28BrN3OS/c1-25(2,3)19-12-8-18(9-13-19)23-27-28-24(29(23)21-6-4-5-7-21)31-16-22(30)17-10-14-20(26)15-11-17/h8-15,21H,4-7,16H2,1-3H3. The second-order valence-electron chi connectivity index (χ2n) is 9.16. The fourth-order valence-corrected chi connectivity index (χ4v) is 5.20. The molecule has 0 spiro atoms. The molecule has 0 aliphatic heterocycles. The van der Waals surface area contributed by atoms with Crippen LogP contribution in [-0.2, 0) is 5.41 Å². The second-order valence-corrected chi connectivity index (χ2v) is 11.0. The minimum absolute atomic E-state index is 0.106. The molecule has 1 fully saturated rings. The van der Waals surface area contributed by atoms with Gasteiger partial charge in [-0.25, -0.2) is 0 Å². The molecule has 0 bridgehead atoms. The molecule has 3 aromatic rings. The lowest BCUT2D eigenvalue weighted by atomic mass is 9.86. The van der Waals surface area contributed by atoms with Crippen LogP contribution in [0.25, 0.3) is 11.4 Å². The van der Waals surface area contributed by atoms with Crippen molar-refractivity contribution in [1.29, 1.82) is 0 Å². The van der Waals surface area contributed by atoms with Crippen molar-refractivity contribution in [3.8, 4) is 11.4 Å². The zero-order chi connectivity index (χ0) is 22.0. The molecule has 0 atom stereocenters. The maximum absolute atomic E-state index is 12.7. The highest BCUT2D eigenvalue weighted by atomic mass is 79.9. The summed E-state index contributed by atoms with van der Waals surface area (Å²) in [7, 11) is 0. The Morgan fingerprint density at radius 2 is 1.68 bits per heavy atom. The van der Waals surface area contributed by atoms with Gasteiger partial charge in [-0.2, -0.15) is 0 Å². The van der Waals surface area contributed by atoms with E-state index in [0.29, 0.717) is 11.8 Å². The topological polar surface area (TPSA) is 47.8 Å². The molecule has 31 heavy (non-hydrogen) atoms. The lowest BCUT2D eigenvalue weighted by Gasteiger charge is -2.20. The molecule has 2 aromatic carbocycles. The number of hydrogen-bond acceptors (Lipinski definition) is 4. The number of ketones is 1. The molecule has 4 rings (SSSR count). The van der Waals surface area contributed by atoms with Crippen LogP contribution >= 0.6 is 27.7 Å². The molecule has 1 aliphatic carbocycles. The lowest BCUT2D eigenvalue weighted by molar-refractivity contribution is 0.102. The number of rotatable bonds is 6. The first-order valence-corrected chi connectivity index (χ1v) is 12.6. The van der Waals surface area contributed by atoms with Crippen LogP contribution in [0.15, 0.2) is 58.2 Å². The van der Waals surface area contributed by atoms with Crippen molar-refractivity contribution in [2.75, 3.05) is 5.75 Å². The van der Waals surface area contributed by atoms with Crippen molar-refractivity contribution in [3.63, 3.8) is 0 Å². The second kappa shape index (κ2) is 9.29. The van der Waals surface area contributed by atoms with E-state index in [1.165, 1.54) is 30.2 Å². The minimum Gasteiger partial charge on any atom is -0.299 e. The highest BCUT2D eigenvalue weighted by molar-refractivity contribution is 9.10. The summed E-state index contributed by atoms with van der Waals surface area (Å²) in [6.45, 7) is 6.67. The van der Waals surface area contributed by atoms with Gasteiger partial charge in [-0.05, 0) is 36.0 Å². The molecular formula is C25H28BrN3OS. The molecule has 1 heterocycles. The maximum Gasteiger partial charge on any atom is 0.192 e. The molecule has 0 amide bonds. The number of halogens is 1. The Labute approximate surface area is 197 Å². The molecule has 0 unspecified atom stereocenters. The molecule has 0 saturated heterocycles. The van der Waals surface area contributed by atoms with Gasteiger partial charge in [0.25, 0.3) is 0 Å². The van der Waals surface area contributed by atoms with Crippen LogP contribution in [0, 0.1) is 0 Å². The molecule has 1 saturated carbocycles. The minimum atomic E-state index is 0.106. The van der Waals surface area contributed by atoms with Gasteiger partial charge in [-0.15, -0.1) is 10.2 Å². The first kappa shape index (κ1) is 22.3. The zero-order valence-electron chi connectivity index (χ0n) is 18.3. The number of nitrogens with zero attached hydrogens (tertiary/aromatic N) is 3. The van der Waals surface area contributed by atoms with E-state index in [0.717, 1.165) is 39.4 Å². The monoisotopic (exact) mass is 497 g/mol. The van der Waals surface area contributed by atoms with Gasteiger partial charge in [-0.3, -0.25) is 9.36 Å².